The largest absolute Gasteiger partial charge is 0.309 e. The lowest BCUT2D eigenvalue weighted by Crippen LogP contribution is -2.23. The molecule has 0 radical (unpaired) electrons. The summed E-state index contributed by atoms with van der Waals surface area (Å²) in [6.07, 6.45) is 1.67. The zero-order valence-corrected chi connectivity index (χ0v) is 10.9. The van der Waals surface area contributed by atoms with E-state index in [0.29, 0.717) is 12.3 Å². The Kier molecular flexibility index (Phi) is 5.38. The van der Waals surface area contributed by atoms with Crippen LogP contribution in [0.5, 0.6) is 0 Å². The number of hydrogen-bond donors (Lipinski definition) is 1. The van der Waals surface area contributed by atoms with Gasteiger partial charge in [-0.25, -0.2) is 4.39 Å². The van der Waals surface area contributed by atoms with E-state index in [1.807, 2.05) is 6.92 Å². The smallest absolute Gasteiger partial charge is 0.141 e. The molecular formula is C11H15ClFNOS. The average molecular weight is 264 g/mol. The summed E-state index contributed by atoms with van der Waals surface area (Å²) in [5, 5.41) is 3.33. The number of hydrogen-bond acceptors (Lipinski definition) is 2. The molecule has 0 saturated heterocycles. The molecule has 90 valence electrons. The molecule has 0 heterocycles. The molecule has 0 aliphatic rings. The van der Waals surface area contributed by atoms with Crippen LogP contribution in [0.2, 0.25) is 5.02 Å². The molecule has 0 bridgehead atoms. The van der Waals surface area contributed by atoms with Crippen LogP contribution in [-0.4, -0.2) is 22.8 Å². The molecule has 5 heteroatoms. The van der Waals surface area contributed by atoms with Crippen LogP contribution in [-0.2, 0) is 10.8 Å². The molecule has 0 saturated carbocycles. The van der Waals surface area contributed by atoms with E-state index in [1.165, 1.54) is 6.07 Å². The minimum atomic E-state index is -0.795. The molecule has 0 fully saturated rings. The normalized spacial score (nSPS) is 14.8. The third kappa shape index (κ3) is 4.20. The van der Waals surface area contributed by atoms with Crippen LogP contribution in [0.3, 0.4) is 0 Å². The molecule has 2 unspecified atom stereocenters. The zero-order valence-electron chi connectivity index (χ0n) is 9.30. The summed E-state index contributed by atoms with van der Waals surface area (Å²) < 4.78 is 23.8. The van der Waals surface area contributed by atoms with Crippen molar-refractivity contribution in [2.75, 3.05) is 18.6 Å². The van der Waals surface area contributed by atoms with Crippen molar-refractivity contribution in [2.45, 2.75) is 13.0 Å². The van der Waals surface area contributed by atoms with Crippen LogP contribution in [0, 0.1) is 5.82 Å². The number of rotatable bonds is 5. The summed E-state index contributed by atoms with van der Waals surface area (Å²) in [7, 11) is -0.795. The van der Waals surface area contributed by atoms with Crippen molar-refractivity contribution in [1.29, 1.82) is 0 Å². The lowest BCUT2D eigenvalue weighted by Gasteiger charge is -2.14. The Morgan fingerprint density at radius 2 is 2.25 bits per heavy atom. The van der Waals surface area contributed by atoms with Gasteiger partial charge in [0.15, 0.2) is 0 Å². The molecule has 0 amide bonds. The fraction of sp³-hybridized carbons (Fsp3) is 0.455. The zero-order chi connectivity index (χ0) is 12.1. The van der Waals surface area contributed by atoms with E-state index < -0.39 is 16.6 Å². The topological polar surface area (TPSA) is 29.1 Å². The molecule has 2 atom stereocenters. The third-order valence-corrected chi connectivity index (χ3v) is 3.35. The van der Waals surface area contributed by atoms with Crippen molar-refractivity contribution >= 4 is 22.4 Å². The number of halogens is 2. The van der Waals surface area contributed by atoms with Gasteiger partial charge in [-0.2, -0.15) is 0 Å². The van der Waals surface area contributed by atoms with Crippen LogP contribution in [0.1, 0.15) is 18.5 Å². The Morgan fingerprint density at radius 1 is 1.56 bits per heavy atom. The molecule has 16 heavy (non-hydrogen) atoms. The maximum atomic E-state index is 12.9. The summed E-state index contributed by atoms with van der Waals surface area (Å²) in [6.45, 7) is 2.63. The van der Waals surface area contributed by atoms with E-state index >= 15 is 0 Å². The van der Waals surface area contributed by atoms with Gasteiger partial charge in [0, 0.05) is 35.4 Å². The van der Waals surface area contributed by atoms with Crippen LogP contribution in [0.25, 0.3) is 0 Å². The third-order valence-electron chi connectivity index (χ3n) is 2.28. The van der Waals surface area contributed by atoms with Crippen molar-refractivity contribution in [3.63, 3.8) is 0 Å². The molecule has 1 aromatic carbocycles. The van der Waals surface area contributed by atoms with Crippen LogP contribution in [0.4, 0.5) is 4.39 Å². The predicted octanol–water partition coefficient (Wildman–Crippen LogP) is 2.51. The Labute approximate surface area is 103 Å². The van der Waals surface area contributed by atoms with Crippen LogP contribution >= 0.6 is 11.6 Å². The van der Waals surface area contributed by atoms with Crippen molar-refractivity contribution in [3.8, 4) is 0 Å². The van der Waals surface area contributed by atoms with Crippen LogP contribution in [0.15, 0.2) is 18.2 Å². The first-order chi connectivity index (χ1) is 7.50. The van der Waals surface area contributed by atoms with Gasteiger partial charge in [-0.05, 0) is 24.6 Å². The van der Waals surface area contributed by atoms with E-state index in [4.69, 9.17) is 11.6 Å². The average Bonchev–Trinajstić information content (AvgIpc) is 2.21. The summed E-state index contributed by atoms with van der Waals surface area (Å²) in [6, 6.07) is 4.73. The lowest BCUT2D eigenvalue weighted by molar-refractivity contribution is 0.591. The van der Waals surface area contributed by atoms with Gasteiger partial charge in [0.25, 0.3) is 0 Å². The molecule has 1 rings (SSSR count). The highest BCUT2D eigenvalue weighted by Crippen LogP contribution is 2.20. The quantitative estimate of drug-likeness (QED) is 0.885. The molecule has 0 aliphatic heterocycles. The van der Waals surface area contributed by atoms with Crippen molar-refractivity contribution < 1.29 is 8.60 Å². The van der Waals surface area contributed by atoms with E-state index in [2.05, 4.69) is 5.32 Å². The van der Waals surface area contributed by atoms with Crippen molar-refractivity contribution in [3.05, 3.63) is 34.6 Å². The maximum Gasteiger partial charge on any atom is 0.141 e. The highest BCUT2D eigenvalue weighted by molar-refractivity contribution is 7.84. The van der Waals surface area contributed by atoms with Gasteiger partial charge >= 0.3 is 0 Å². The van der Waals surface area contributed by atoms with Gasteiger partial charge in [-0.15, -0.1) is 0 Å². The molecule has 0 aliphatic carbocycles. The Morgan fingerprint density at radius 3 is 2.81 bits per heavy atom. The van der Waals surface area contributed by atoms with E-state index in [1.54, 1.807) is 18.4 Å². The predicted molar refractivity (Wildman–Crippen MR) is 66.8 cm³/mol. The Balaban J connectivity index is 2.55. The second kappa shape index (κ2) is 6.33. The first-order valence-electron chi connectivity index (χ1n) is 4.99. The highest BCUT2D eigenvalue weighted by atomic mass is 35.5. The Bertz CT molecular complexity index is 386. The van der Waals surface area contributed by atoms with Crippen molar-refractivity contribution in [2.24, 2.45) is 0 Å². The second-order valence-electron chi connectivity index (χ2n) is 3.63. The summed E-state index contributed by atoms with van der Waals surface area (Å²) in [5.41, 5.74) is 0.924. The Hall–Kier alpha value is -0.450. The summed E-state index contributed by atoms with van der Waals surface area (Å²) in [5.74, 6) is 0.200. The van der Waals surface area contributed by atoms with E-state index in [-0.39, 0.29) is 11.1 Å². The van der Waals surface area contributed by atoms with Gasteiger partial charge in [-0.3, -0.25) is 4.21 Å². The molecule has 0 spiro atoms. The number of benzene rings is 1. The minimum Gasteiger partial charge on any atom is -0.309 e. The molecule has 1 aromatic rings. The molecular weight excluding hydrogens is 249 g/mol. The fourth-order valence-corrected chi connectivity index (χ4v) is 1.91. The highest BCUT2D eigenvalue weighted by Gasteiger charge is 2.07. The monoisotopic (exact) mass is 263 g/mol. The van der Waals surface area contributed by atoms with Gasteiger partial charge in [0.05, 0.1) is 5.02 Å². The fourth-order valence-electron chi connectivity index (χ4n) is 1.32. The van der Waals surface area contributed by atoms with Gasteiger partial charge in [0.2, 0.25) is 0 Å². The lowest BCUT2D eigenvalue weighted by atomic mass is 10.1. The van der Waals surface area contributed by atoms with Gasteiger partial charge < -0.3 is 5.32 Å². The van der Waals surface area contributed by atoms with Gasteiger partial charge in [0.1, 0.15) is 5.82 Å². The first-order valence-corrected chi connectivity index (χ1v) is 7.09. The SMILES string of the molecule is CC(NCCS(C)=O)c1ccc(F)c(Cl)c1. The summed E-state index contributed by atoms with van der Waals surface area (Å²) >= 11 is 5.69. The second-order valence-corrected chi connectivity index (χ2v) is 5.59. The first kappa shape index (κ1) is 13.6. The summed E-state index contributed by atoms with van der Waals surface area (Å²) in [4.78, 5) is 0. The molecule has 2 nitrogen and oxygen atoms in total. The standard InChI is InChI=1S/C11H15ClFNOS/c1-8(14-5-6-16(2)15)9-3-4-11(13)10(12)7-9/h3-4,7-8,14H,5-6H2,1-2H3. The minimum absolute atomic E-state index is 0.0710. The van der Waals surface area contributed by atoms with Crippen molar-refractivity contribution in [1.82, 2.24) is 5.32 Å². The van der Waals surface area contributed by atoms with E-state index in [0.717, 1.165) is 5.56 Å². The molecule has 0 aromatic heterocycles. The number of nitrogens with one attached hydrogen (secondary N) is 1. The van der Waals surface area contributed by atoms with Gasteiger partial charge in [-0.1, -0.05) is 17.7 Å². The maximum absolute atomic E-state index is 12.9. The van der Waals surface area contributed by atoms with E-state index in [9.17, 15) is 8.60 Å². The molecule has 1 N–H and O–H groups in total. The van der Waals surface area contributed by atoms with Crippen LogP contribution < -0.4 is 5.32 Å².